The largest absolute Gasteiger partial charge is 0.493 e. The van der Waals surface area contributed by atoms with Crippen LogP contribution in [0.1, 0.15) is 43.0 Å². The highest BCUT2D eigenvalue weighted by Gasteiger charge is 2.15. The van der Waals surface area contributed by atoms with E-state index < -0.39 is 0 Å². The van der Waals surface area contributed by atoms with Crippen molar-refractivity contribution in [1.29, 1.82) is 0 Å². The number of thiazole rings is 1. The summed E-state index contributed by atoms with van der Waals surface area (Å²) >= 11 is 1.66. The van der Waals surface area contributed by atoms with E-state index in [1.807, 2.05) is 19.1 Å². The van der Waals surface area contributed by atoms with E-state index in [-0.39, 0.29) is 24.0 Å². The van der Waals surface area contributed by atoms with Gasteiger partial charge >= 0.3 is 0 Å². The Morgan fingerprint density at radius 2 is 1.83 bits per heavy atom. The van der Waals surface area contributed by atoms with Gasteiger partial charge in [0.1, 0.15) is 5.01 Å². The first-order valence-electron chi connectivity index (χ1n) is 9.28. The molecule has 2 aromatic rings. The standard InChI is InChI=1S/C20H30N4O3S.HI/c1-7-21-20(23-11-17-24-15(12-28-17)13(2)3)22-10-14-8-9-16(25-4)19(27-6)18(14)26-5;/h8-9,12-13H,7,10-11H2,1-6H3,(H2,21,22,23);1H. The maximum atomic E-state index is 5.53. The molecular formula is C20H31IN4O3S. The molecule has 2 N–H and O–H groups in total. The summed E-state index contributed by atoms with van der Waals surface area (Å²) in [6.07, 6.45) is 0. The summed E-state index contributed by atoms with van der Waals surface area (Å²) in [5.41, 5.74) is 2.03. The Morgan fingerprint density at radius 1 is 1.10 bits per heavy atom. The van der Waals surface area contributed by atoms with E-state index in [0.29, 0.717) is 36.3 Å². The number of halogens is 1. The van der Waals surface area contributed by atoms with E-state index in [4.69, 9.17) is 14.2 Å². The average molecular weight is 534 g/mol. The third-order valence-corrected chi connectivity index (χ3v) is 4.97. The third kappa shape index (κ3) is 6.91. The Kier molecular flexibility index (Phi) is 11.1. The van der Waals surface area contributed by atoms with Gasteiger partial charge in [0.15, 0.2) is 17.5 Å². The molecule has 0 aliphatic heterocycles. The summed E-state index contributed by atoms with van der Waals surface area (Å²) in [6, 6.07) is 3.79. The van der Waals surface area contributed by atoms with Crippen LogP contribution >= 0.6 is 35.3 Å². The molecule has 1 aromatic carbocycles. The Morgan fingerprint density at radius 3 is 2.38 bits per heavy atom. The van der Waals surface area contributed by atoms with Gasteiger partial charge in [-0.1, -0.05) is 13.8 Å². The van der Waals surface area contributed by atoms with Crippen LogP contribution in [-0.2, 0) is 13.1 Å². The van der Waals surface area contributed by atoms with Crippen molar-refractivity contribution in [2.24, 2.45) is 4.99 Å². The molecule has 9 heteroatoms. The predicted octanol–water partition coefficient (Wildman–Crippen LogP) is 4.17. The minimum Gasteiger partial charge on any atom is -0.493 e. The zero-order chi connectivity index (χ0) is 20.5. The number of aromatic nitrogens is 1. The number of rotatable bonds is 9. The van der Waals surface area contributed by atoms with E-state index in [1.54, 1.807) is 32.7 Å². The lowest BCUT2D eigenvalue weighted by Gasteiger charge is -2.15. The summed E-state index contributed by atoms with van der Waals surface area (Å²) < 4.78 is 16.3. The number of guanidine groups is 1. The zero-order valence-electron chi connectivity index (χ0n) is 17.9. The molecule has 1 aromatic heterocycles. The van der Waals surface area contributed by atoms with Crippen molar-refractivity contribution < 1.29 is 14.2 Å². The number of nitrogens with one attached hydrogen (secondary N) is 2. The normalized spacial score (nSPS) is 11.1. The molecule has 1 heterocycles. The molecule has 0 saturated carbocycles. The van der Waals surface area contributed by atoms with E-state index >= 15 is 0 Å². The van der Waals surface area contributed by atoms with Crippen LogP contribution in [0.25, 0.3) is 0 Å². The van der Waals surface area contributed by atoms with Crippen LogP contribution in [0.4, 0.5) is 0 Å². The first-order valence-corrected chi connectivity index (χ1v) is 10.2. The lowest BCUT2D eigenvalue weighted by molar-refractivity contribution is 0.322. The predicted molar refractivity (Wildman–Crippen MR) is 129 cm³/mol. The molecule has 29 heavy (non-hydrogen) atoms. The Bertz CT molecular complexity index is 796. The lowest BCUT2D eigenvalue weighted by atomic mass is 10.1. The van der Waals surface area contributed by atoms with Crippen LogP contribution in [0.3, 0.4) is 0 Å². The molecule has 2 rings (SSSR count). The number of hydrogen-bond donors (Lipinski definition) is 2. The molecule has 0 fully saturated rings. The maximum absolute atomic E-state index is 5.53. The molecule has 7 nitrogen and oxygen atoms in total. The summed E-state index contributed by atoms with van der Waals surface area (Å²) in [5.74, 6) is 2.98. The molecule has 0 saturated heterocycles. The highest BCUT2D eigenvalue weighted by Crippen LogP contribution is 2.39. The van der Waals surface area contributed by atoms with Gasteiger partial charge in [0.2, 0.25) is 5.75 Å². The quantitative estimate of drug-likeness (QED) is 0.286. The zero-order valence-corrected chi connectivity index (χ0v) is 21.0. The van der Waals surface area contributed by atoms with Gasteiger partial charge in [-0.05, 0) is 25.0 Å². The molecule has 0 spiro atoms. The summed E-state index contributed by atoms with van der Waals surface area (Å²) in [4.78, 5) is 9.33. The van der Waals surface area contributed by atoms with E-state index in [1.165, 1.54) is 0 Å². The highest BCUT2D eigenvalue weighted by atomic mass is 127. The number of hydrogen-bond acceptors (Lipinski definition) is 6. The van der Waals surface area contributed by atoms with Crippen LogP contribution in [-0.4, -0.2) is 38.8 Å². The smallest absolute Gasteiger partial charge is 0.203 e. The second-order valence-corrected chi connectivity index (χ2v) is 7.31. The van der Waals surface area contributed by atoms with Crippen molar-refractivity contribution in [2.45, 2.75) is 39.8 Å². The number of benzene rings is 1. The topological polar surface area (TPSA) is 77.0 Å². The molecule has 0 aliphatic rings. The Hall–Kier alpha value is -1.75. The van der Waals surface area contributed by atoms with Crippen molar-refractivity contribution >= 4 is 41.3 Å². The molecular weight excluding hydrogens is 503 g/mol. The van der Waals surface area contributed by atoms with Gasteiger partial charge in [0, 0.05) is 17.5 Å². The van der Waals surface area contributed by atoms with Crippen LogP contribution in [0, 0.1) is 0 Å². The van der Waals surface area contributed by atoms with Gasteiger partial charge in [-0.25, -0.2) is 9.98 Å². The number of aliphatic imine (C=N–C) groups is 1. The van der Waals surface area contributed by atoms with Gasteiger partial charge in [-0.2, -0.15) is 0 Å². The monoisotopic (exact) mass is 534 g/mol. The molecule has 0 amide bonds. The minimum atomic E-state index is 0. The van der Waals surface area contributed by atoms with Crippen molar-refractivity contribution in [2.75, 3.05) is 27.9 Å². The summed E-state index contributed by atoms with van der Waals surface area (Å²) in [6.45, 7) is 8.17. The number of methoxy groups -OCH3 is 3. The number of nitrogens with zero attached hydrogens (tertiary/aromatic N) is 2. The second-order valence-electron chi connectivity index (χ2n) is 6.36. The molecule has 0 radical (unpaired) electrons. The minimum absolute atomic E-state index is 0. The summed E-state index contributed by atoms with van der Waals surface area (Å²) in [7, 11) is 4.81. The van der Waals surface area contributed by atoms with Crippen LogP contribution in [0.5, 0.6) is 17.2 Å². The van der Waals surface area contributed by atoms with E-state index in [2.05, 4.69) is 39.8 Å². The van der Waals surface area contributed by atoms with Crippen molar-refractivity contribution in [3.05, 3.63) is 33.8 Å². The first-order chi connectivity index (χ1) is 13.5. The second kappa shape index (κ2) is 12.7. The third-order valence-electron chi connectivity index (χ3n) is 4.11. The van der Waals surface area contributed by atoms with Gasteiger partial charge in [0.25, 0.3) is 0 Å². The van der Waals surface area contributed by atoms with E-state index in [9.17, 15) is 0 Å². The van der Waals surface area contributed by atoms with Crippen molar-refractivity contribution in [3.63, 3.8) is 0 Å². The summed E-state index contributed by atoms with van der Waals surface area (Å²) in [5, 5.41) is 9.75. The van der Waals surface area contributed by atoms with Crippen LogP contribution < -0.4 is 24.8 Å². The molecule has 0 unspecified atom stereocenters. The fourth-order valence-electron chi connectivity index (χ4n) is 2.62. The van der Waals surface area contributed by atoms with Crippen LogP contribution in [0.2, 0.25) is 0 Å². The molecule has 0 bridgehead atoms. The fourth-order valence-corrected chi connectivity index (χ4v) is 3.52. The van der Waals surface area contributed by atoms with Gasteiger partial charge in [0.05, 0.1) is 40.1 Å². The van der Waals surface area contributed by atoms with Crippen molar-refractivity contribution in [3.8, 4) is 17.2 Å². The molecule has 0 atom stereocenters. The molecule has 162 valence electrons. The first kappa shape index (κ1) is 25.3. The number of ether oxygens (including phenoxy) is 3. The van der Waals surface area contributed by atoms with Crippen molar-refractivity contribution in [1.82, 2.24) is 15.6 Å². The fraction of sp³-hybridized carbons (Fsp3) is 0.500. The Balaban J connectivity index is 0.00000420. The van der Waals surface area contributed by atoms with Gasteiger partial charge in [-0.15, -0.1) is 35.3 Å². The Labute approximate surface area is 194 Å². The lowest BCUT2D eigenvalue weighted by Crippen LogP contribution is -2.36. The SMILES string of the molecule is CCNC(=NCc1ccc(OC)c(OC)c1OC)NCc1nc(C(C)C)cs1.I. The van der Waals surface area contributed by atoms with Gasteiger partial charge < -0.3 is 24.8 Å². The van der Waals surface area contributed by atoms with Crippen LogP contribution in [0.15, 0.2) is 22.5 Å². The average Bonchev–Trinajstić information content (AvgIpc) is 3.18. The molecule has 0 aliphatic carbocycles. The maximum Gasteiger partial charge on any atom is 0.203 e. The van der Waals surface area contributed by atoms with E-state index in [0.717, 1.165) is 28.8 Å². The highest BCUT2D eigenvalue weighted by molar-refractivity contribution is 14.0. The van der Waals surface area contributed by atoms with Gasteiger partial charge in [-0.3, -0.25) is 0 Å².